The van der Waals surface area contributed by atoms with Crippen LogP contribution >= 0.6 is 0 Å². The third kappa shape index (κ3) is 3.67. The maximum absolute atomic E-state index is 2.36. The molecule has 0 radical (unpaired) electrons. The van der Waals surface area contributed by atoms with E-state index in [0.29, 0.717) is 0 Å². The molecule has 0 fully saturated rings. The minimum atomic E-state index is 0. The summed E-state index contributed by atoms with van der Waals surface area (Å²) < 4.78 is 4.57. The van der Waals surface area contributed by atoms with E-state index < -0.39 is 0 Å². The second-order valence-corrected chi connectivity index (χ2v) is 8.71. The third-order valence-corrected chi connectivity index (χ3v) is 6.59. The first kappa shape index (κ1) is 21.2. The number of benzene rings is 4. The van der Waals surface area contributed by atoms with Crippen LogP contribution in [0.5, 0.6) is 0 Å². The lowest BCUT2D eigenvalue weighted by atomic mass is 9.97. The first-order chi connectivity index (χ1) is 15.7. The van der Waals surface area contributed by atoms with Crippen LogP contribution < -0.4 is 17.0 Å². The largest absolute Gasteiger partial charge is 1.00 e. The van der Waals surface area contributed by atoms with Crippen LogP contribution in [0.1, 0.15) is 11.1 Å². The molecule has 0 atom stereocenters. The molecule has 162 valence electrons. The molecule has 0 bridgehead atoms. The Labute approximate surface area is 200 Å². The fourth-order valence-electron chi connectivity index (χ4n) is 4.95. The van der Waals surface area contributed by atoms with Crippen LogP contribution in [-0.2, 0) is 13.6 Å². The second-order valence-electron chi connectivity index (χ2n) is 8.71. The number of rotatable bonds is 3. The predicted octanol–water partition coefficient (Wildman–Crippen LogP) is 3.80. The van der Waals surface area contributed by atoms with Crippen LogP contribution in [0.2, 0.25) is 0 Å². The SMILES string of the molecule is Cc1cccc2c[n+](C)c3ccc(-c4ccc5ccn(Cc6ccccc6)c5c4)cc3c12.[Cl-]. The third-order valence-electron chi connectivity index (χ3n) is 6.59. The summed E-state index contributed by atoms with van der Waals surface area (Å²) in [5, 5.41) is 5.21. The summed E-state index contributed by atoms with van der Waals surface area (Å²) in [6.45, 7) is 3.09. The van der Waals surface area contributed by atoms with E-state index in [-0.39, 0.29) is 12.4 Å². The van der Waals surface area contributed by atoms with E-state index in [2.05, 4.69) is 126 Å². The Hall–Kier alpha value is -3.62. The molecule has 3 heteroatoms. The minimum Gasteiger partial charge on any atom is -1.00 e. The summed E-state index contributed by atoms with van der Waals surface area (Å²) >= 11 is 0. The number of halogens is 1. The Morgan fingerprint density at radius 2 is 1.55 bits per heavy atom. The smallest absolute Gasteiger partial charge is 0.212 e. The topological polar surface area (TPSA) is 8.81 Å². The highest BCUT2D eigenvalue weighted by Crippen LogP contribution is 2.31. The van der Waals surface area contributed by atoms with Gasteiger partial charge in [-0.2, -0.15) is 0 Å². The second kappa shape index (κ2) is 8.38. The lowest BCUT2D eigenvalue weighted by molar-refractivity contribution is -0.643. The van der Waals surface area contributed by atoms with Gasteiger partial charge >= 0.3 is 0 Å². The zero-order valence-electron chi connectivity index (χ0n) is 18.8. The van der Waals surface area contributed by atoms with Crippen molar-refractivity contribution in [2.24, 2.45) is 7.05 Å². The van der Waals surface area contributed by atoms with E-state index in [1.54, 1.807) is 0 Å². The van der Waals surface area contributed by atoms with Crippen molar-refractivity contribution in [3.05, 3.63) is 115 Å². The van der Waals surface area contributed by atoms with Gasteiger partial charge in [-0.1, -0.05) is 54.6 Å². The summed E-state index contributed by atoms with van der Waals surface area (Å²) in [5.41, 5.74) is 7.66. The van der Waals surface area contributed by atoms with Gasteiger partial charge in [0.1, 0.15) is 7.05 Å². The maximum atomic E-state index is 2.36. The van der Waals surface area contributed by atoms with Gasteiger partial charge in [0.25, 0.3) is 0 Å². The van der Waals surface area contributed by atoms with Crippen molar-refractivity contribution in [3.63, 3.8) is 0 Å². The summed E-state index contributed by atoms with van der Waals surface area (Å²) in [5.74, 6) is 0. The zero-order valence-corrected chi connectivity index (χ0v) is 19.6. The minimum absolute atomic E-state index is 0. The number of pyridine rings is 1. The Bertz CT molecular complexity index is 1610. The van der Waals surface area contributed by atoms with Crippen LogP contribution in [-0.4, -0.2) is 4.57 Å². The van der Waals surface area contributed by atoms with E-state index in [1.807, 2.05) is 0 Å². The molecule has 0 aliphatic rings. The van der Waals surface area contributed by atoms with Gasteiger partial charge in [-0.3, -0.25) is 0 Å². The average molecular weight is 449 g/mol. The van der Waals surface area contributed by atoms with E-state index in [9.17, 15) is 0 Å². The first-order valence-corrected chi connectivity index (χ1v) is 11.1. The Balaban J connectivity index is 0.00000228. The van der Waals surface area contributed by atoms with Crippen molar-refractivity contribution in [1.29, 1.82) is 0 Å². The van der Waals surface area contributed by atoms with Crippen molar-refractivity contribution < 1.29 is 17.0 Å². The molecule has 0 N–H and O–H groups in total. The Kier molecular flexibility index (Phi) is 5.39. The molecule has 6 rings (SSSR count). The van der Waals surface area contributed by atoms with Crippen molar-refractivity contribution in [3.8, 4) is 11.1 Å². The molecule has 2 nitrogen and oxygen atoms in total. The molecule has 0 saturated heterocycles. The monoisotopic (exact) mass is 448 g/mol. The average Bonchev–Trinajstić information content (AvgIpc) is 3.21. The number of fused-ring (bicyclic) bond motifs is 4. The van der Waals surface area contributed by atoms with E-state index in [1.165, 1.54) is 54.8 Å². The number of hydrogen-bond acceptors (Lipinski definition) is 0. The normalized spacial score (nSPS) is 11.2. The fourth-order valence-corrected chi connectivity index (χ4v) is 4.95. The zero-order chi connectivity index (χ0) is 21.7. The van der Waals surface area contributed by atoms with Crippen molar-refractivity contribution in [2.45, 2.75) is 13.5 Å². The molecule has 0 aliphatic heterocycles. The maximum Gasteiger partial charge on any atom is 0.212 e. The molecular weight excluding hydrogens is 424 g/mol. The van der Waals surface area contributed by atoms with Crippen LogP contribution in [0.4, 0.5) is 0 Å². The molecular formula is C30H25ClN2. The van der Waals surface area contributed by atoms with Gasteiger partial charge in [0.15, 0.2) is 6.20 Å². The number of hydrogen-bond donors (Lipinski definition) is 0. The van der Waals surface area contributed by atoms with E-state index in [4.69, 9.17) is 0 Å². The fraction of sp³-hybridized carbons (Fsp3) is 0.100. The molecule has 0 spiro atoms. The predicted molar refractivity (Wildman–Crippen MR) is 134 cm³/mol. The van der Waals surface area contributed by atoms with Crippen molar-refractivity contribution in [2.75, 3.05) is 0 Å². The Morgan fingerprint density at radius 3 is 2.39 bits per heavy atom. The molecule has 6 aromatic rings. The van der Waals surface area contributed by atoms with Gasteiger partial charge in [0.05, 0.1) is 5.39 Å². The molecule has 2 aromatic heterocycles. The van der Waals surface area contributed by atoms with Crippen molar-refractivity contribution in [1.82, 2.24) is 4.57 Å². The van der Waals surface area contributed by atoms with Crippen LogP contribution in [0.3, 0.4) is 0 Å². The van der Waals surface area contributed by atoms with E-state index >= 15 is 0 Å². The highest BCUT2D eigenvalue weighted by molar-refractivity contribution is 6.07. The van der Waals surface area contributed by atoms with Gasteiger partial charge in [-0.15, -0.1) is 0 Å². The van der Waals surface area contributed by atoms with Gasteiger partial charge < -0.3 is 17.0 Å². The summed E-state index contributed by atoms with van der Waals surface area (Å²) in [6, 6.07) is 33.1. The molecule has 33 heavy (non-hydrogen) atoms. The number of aromatic nitrogens is 2. The van der Waals surface area contributed by atoms with E-state index in [0.717, 1.165) is 6.54 Å². The van der Waals surface area contributed by atoms with Crippen LogP contribution in [0.25, 0.3) is 43.7 Å². The first-order valence-electron chi connectivity index (χ1n) is 11.1. The number of nitrogens with zero attached hydrogens (tertiary/aromatic N) is 2. The quantitative estimate of drug-likeness (QED) is 0.287. The summed E-state index contributed by atoms with van der Waals surface area (Å²) in [6.07, 6.45) is 4.42. The molecule has 2 heterocycles. The Morgan fingerprint density at radius 1 is 0.758 bits per heavy atom. The highest BCUT2D eigenvalue weighted by Gasteiger charge is 2.14. The molecule has 0 saturated carbocycles. The summed E-state index contributed by atoms with van der Waals surface area (Å²) in [7, 11) is 2.13. The van der Waals surface area contributed by atoms with Crippen LogP contribution in [0.15, 0.2) is 103 Å². The standard InChI is InChI=1S/C30H25N2.ClH/c1-21-7-6-10-26-20-31(2)28-14-13-24(17-27(28)30(21)26)25-12-11-23-15-16-32(29(23)18-25)19-22-8-4-3-5-9-22;/h3-18,20H,19H2,1-2H3;1H/q+1;/p-1. The molecule has 0 unspecified atom stereocenters. The highest BCUT2D eigenvalue weighted by atomic mass is 35.5. The molecule has 0 aliphatic carbocycles. The van der Waals surface area contributed by atoms with Gasteiger partial charge in [-0.25, -0.2) is 4.57 Å². The summed E-state index contributed by atoms with van der Waals surface area (Å²) in [4.78, 5) is 0. The van der Waals surface area contributed by atoms with Crippen molar-refractivity contribution >= 4 is 32.6 Å². The molecule has 0 amide bonds. The van der Waals surface area contributed by atoms with Gasteiger partial charge in [0, 0.05) is 35.1 Å². The lowest BCUT2D eigenvalue weighted by Gasteiger charge is -2.10. The molecule has 4 aromatic carbocycles. The lowest BCUT2D eigenvalue weighted by Crippen LogP contribution is -3.00. The van der Waals surface area contributed by atoms with Gasteiger partial charge in [-0.05, 0) is 64.9 Å². The van der Waals surface area contributed by atoms with Crippen LogP contribution in [0, 0.1) is 6.92 Å². The number of aryl methyl sites for hydroxylation is 2. The van der Waals surface area contributed by atoms with Gasteiger partial charge in [0.2, 0.25) is 5.52 Å².